The van der Waals surface area contributed by atoms with E-state index in [9.17, 15) is 18.0 Å². The van der Waals surface area contributed by atoms with Gasteiger partial charge in [0.15, 0.2) is 0 Å². The number of hydrogen-bond donors (Lipinski definition) is 3. The van der Waals surface area contributed by atoms with Gasteiger partial charge in [-0.05, 0) is 24.3 Å². The summed E-state index contributed by atoms with van der Waals surface area (Å²) in [5.41, 5.74) is 6.29. The van der Waals surface area contributed by atoms with Crippen LogP contribution in [0.1, 0.15) is 17.3 Å². The molecule has 1 aromatic carbocycles. The molecule has 23 heavy (non-hydrogen) atoms. The molecule has 0 aliphatic heterocycles. The average Bonchev–Trinajstić information content (AvgIpc) is 2.78. The Morgan fingerprint density at radius 2 is 1.83 bits per heavy atom. The van der Waals surface area contributed by atoms with E-state index >= 15 is 0 Å². The molecular formula is C13H15N5O4S. The Balaban J connectivity index is 2.16. The Kier molecular flexibility index (Phi) is 4.36. The fraction of sp³-hybridized carbons (Fsp3) is 0.154. The Morgan fingerprint density at radius 3 is 2.30 bits per heavy atom. The van der Waals surface area contributed by atoms with Gasteiger partial charge in [-0.2, -0.15) is 5.10 Å². The SMILES string of the molecule is CC(=O)NS(=O)(=O)c1ccc(NC(=O)c2cnn(C)c2N)cc1. The second kappa shape index (κ2) is 6.08. The molecular weight excluding hydrogens is 322 g/mol. The number of nitrogens with zero attached hydrogens (tertiary/aromatic N) is 2. The summed E-state index contributed by atoms with van der Waals surface area (Å²) in [5, 5.41) is 6.44. The van der Waals surface area contributed by atoms with E-state index in [-0.39, 0.29) is 16.3 Å². The van der Waals surface area contributed by atoms with Gasteiger partial charge in [0.2, 0.25) is 5.91 Å². The minimum atomic E-state index is -3.91. The Labute approximate surface area is 132 Å². The van der Waals surface area contributed by atoms with Crippen molar-refractivity contribution in [2.75, 3.05) is 11.1 Å². The van der Waals surface area contributed by atoms with Gasteiger partial charge in [0.25, 0.3) is 15.9 Å². The Morgan fingerprint density at radius 1 is 1.22 bits per heavy atom. The lowest BCUT2D eigenvalue weighted by Crippen LogP contribution is -2.28. The fourth-order valence-corrected chi connectivity index (χ4v) is 2.78. The molecule has 1 heterocycles. The van der Waals surface area contributed by atoms with E-state index in [0.717, 1.165) is 6.92 Å². The highest BCUT2D eigenvalue weighted by Crippen LogP contribution is 2.16. The van der Waals surface area contributed by atoms with Gasteiger partial charge in [0, 0.05) is 19.7 Å². The number of nitrogen functional groups attached to an aromatic ring is 1. The van der Waals surface area contributed by atoms with E-state index in [1.807, 2.05) is 4.72 Å². The molecule has 4 N–H and O–H groups in total. The van der Waals surface area contributed by atoms with Crippen molar-refractivity contribution < 1.29 is 18.0 Å². The van der Waals surface area contributed by atoms with Gasteiger partial charge < -0.3 is 11.1 Å². The maximum atomic E-state index is 12.1. The van der Waals surface area contributed by atoms with Crippen molar-refractivity contribution in [3.05, 3.63) is 36.0 Å². The summed E-state index contributed by atoms with van der Waals surface area (Å²) in [7, 11) is -2.30. The zero-order chi connectivity index (χ0) is 17.2. The first-order chi connectivity index (χ1) is 10.7. The summed E-state index contributed by atoms with van der Waals surface area (Å²) in [5.74, 6) is -0.935. The van der Waals surface area contributed by atoms with Crippen molar-refractivity contribution >= 4 is 33.3 Å². The van der Waals surface area contributed by atoms with Gasteiger partial charge in [0.1, 0.15) is 11.4 Å². The smallest absolute Gasteiger partial charge is 0.264 e. The van der Waals surface area contributed by atoms with E-state index in [0.29, 0.717) is 5.69 Å². The zero-order valence-electron chi connectivity index (χ0n) is 12.4. The number of anilines is 2. The topological polar surface area (TPSA) is 136 Å². The Hall–Kier alpha value is -2.88. The monoisotopic (exact) mass is 337 g/mol. The van der Waals surface area contributed by atoms with Crippen LogP contribution < -0.4 is 15.8 Å². The average molecular weight is 337 g/mol. The lowest BCUT2D eigenvalue weighted by Gasteiger charge is -2.07. The van der Waals surface area contributed by atoms with Gasteiger partial charge in [-0.25, -0.2) is 13.1 Å². The first-order valence-electron chi connectivity index (χ1n) is 6.43. The maximum Gasteiger partial charge on any atom is 0.264 e. The molecule has 0 unspecified atom stereocenters. The third-order valence-electron chi connectivity index (χ3n) is 2.93. The van der Waals surface area contributed by atoms with Crippen LogP contribution in [0.15, 0.2) is 35.4 Å². The van der Waals surface area contributed by atoms with Crippen molar-refractivity contribution in [1.82, 2.24) is 14.5 Å². The number of aryl methyl sites for hydroxylation is 1. The molecule has 1 aromatic heterocycles. The quantitative estimate of drug-likeness (QED) is 0.723. The molecule has 0 fully saturated rings. The molecule has 0 aliphatic carbocycles. The first kappa shape index (κ1) is 16.5. The van der Waals surface area contributed by atoms with Crippen molar-refractivity contribution in [2.45, 2.75) is 11.8 Å². The summed E-state index contributed by atoms with van der Waals surface area (Å²) in [6.07, 6.45) is 1.33. The number of amides is 2. The van der Waals surface area contributed by atoms with Crippen molar-refractivity contribution in [2.24, 2.45) is 7.05 Å². The van der Waals surface area contributed by atoms with Crippen LogP contribution in [0.5, 0.6) is 0 Å². The minimum absolute atomic E-state index is 0.0911. The maximum absolute atomic E-state index is 12.1. The summed E-state index contributed by atoms with van der Waals surface area (Å²) in [6, 6.07) is 5.35. The van der Waals surface area contributed by atoms with E-state index in [1.54, 1.807) is 7.05 Å². The third-order valence-corrected chi connectivity index (χ3v) is 4.38. The largest absolute Gasteiger partial charge is 0.383 e. The predicted octanol–water partition coefficient (Wildman–Crippen LogP) is 0.0794. The molecule has 9 nitrogen and oxygen atoms in total. The number of benzene rings is 1. The van der Waals surface area contributed by atoms with Crippen molar-refractivity contribution in [1.29, 1.82) is 0 Å². The van der Waals surface area contributed by atoms with Gasteiger partial charge in [-0.3, -0.25) is 14.3 Å². The van der Waals surface area contributed by atoms with Crippen LogP contribution in [0.25, 0.3) is 0 Å². The summed E-state index contributed by atoms with van der Waals surface area (Å²) < 4.78 is 26.8. The summed E-state index contributed by atoms with van der Waals surface area (Å²) in [4.78, 5) is 22.8. The molecule has 122 valence electrons. The summed E-state index contributed by atoms with van der Waals surface area (Å²) in [6.45, 7) is 1.10. The van der Waals surface area contributed by atoms with Crippen molar-refractivity contribution in [3.8, 4) is 0 Å². The Bertz CT molecular complexity index is 855. The molecule has 2 aromatic rings. The van der Waals surface area contributed by atoms with Crippen molar-refractivity contribution in [3.63, 3.8) is 0 Å². The highest BCUT2D eigenvalue weighted by atomic mass is 32.2. The second-order valence-corrected chi connectivity index (χ2v) is 6.39. The fourth-order valence-electron chi connectivity index (χ4n) is 1.79. The normalized spacial score (nSPS) is 11.0. The van der Waals surface area contributed by atoms with Crippen LogP contribution in [-0.2, 0) is 21.9 Å². The molecule has 2 rings (SSSR count). The van der Waals surface area contributed by atoms with Crippen LogP contribution in [0.4, 0.5) is 11.5 Å². The molecule has 0 aliphatic rings. The van der Waals surface area contributed by atoms with Crippen LogP contribution >= 0.6 is 0 Å². The van der Waals surface area contributed by atoms with Crippen LogP contribution in [0.2, 0.25) is 0 Å². The minimum Gasteiger partial charge on any atom is -0.383 e. The highest BCUT2D eigenvalue weighted by molar-refractivity contribution is 7.90. The first-order valence-corrected chi connectivity index (χ1v) is 7.91. The summed E-state index contributed by atoms with van der Waals surface area (Å²) >= 11 is 0. The van der Waals surface area contributed by atoms with Gasteiger partial charge >= 0.3 is 0 Å². The number of sulfonamides is 1. The molecule has 0 saturated heterocycles. The number of carbonyl (C=O) groups is 2. The molecule has 10 heteroatoms. The molecule has 0 spiro atoms. The number of carbonyl (C=O) groups excluding carboxylic acids is 2. The van der Waals surface area contributed by atoms with E-state index in [1.165, 1.54) is 35.1 Å². The molecule has 0 atom stereocenters. The highest BCUT2D eigenvalue weighted by Gasteiger charge is 2.16. The van der Waals surface area contributed by atoms with Crippen LogP contribution in [0, 0.1) is 0 Å². The lowest BCUT2D eigenvalue weighted by molar-refractivity contribution is -0.117. The number of hydrogen-bond acceptors (Lipinski definition) is 6. The van der Waals surface area contributed by atoms with Gasteiger partial charge in [0.05, 0.1) is 11.1 Å². The number of nitrogens with two attached hydrogens (primary N) is 1. The second-order valence-electron chi connectivity index (χ2n) is 4.71. The predicted molar refractivity (Wildman–Crippen MR) is 83.0 cm³/mol. The molecule has 0 radical (unpaired) electrons. The molecule has 2 amide bonds. The lowest BCUT2D eigenvalue weighted by atomic mass is 10.2. The molecule has 0 bridgehead atoms. The van der Waals surface area contributed by atoms with E-state index < -0.39 is 21.8 Å². The van der Waals surface area contributed by atoms with Crippen LogP contribution in [0.3, 0.4) is 0 Å². The zero-order valence-corrected chi connectivity index (χ0v) is 13.2. The van der Waals surface area contributed by atoms with Gasteiger partial charge in [-0.1, -0.05) is 0 Å². The van der Waals surface area contributed by atoms with E-state index in [4.69, 9.17) is 5.73 Å². The molecule has 0 saturated carbocycles. The van der Waals surface area contributed by atoms with Crippen LogP contribution in [-0.4, -0.2) is 30.0 Å². The van der Waals surface area contributed by atoms with Gasteiger partial charge in [-0.15, -0.1) is 0 Å². The number of nitrogens with one attached hydrogen (secondary N) is 2. The number of rotatable bonds is 4. The third kappa shape index (κ3) is 3.66. The standard InChI is InChI=1S/C13H15N5O4S/c1-8(19)17-23(21,22)10-5-3-9(4-6-10)16-13(20)11-7-15-18(2)12(11)14/h3-7H,14H2,1-2H3,(H,16,20)(H,17,19). The number of aromatic nitrogens is 2. The van der Waals surface area contributed by atoms with E-state index in [2.05, 4.69) is 10.4 Å².